The van der Waals surface area contributed by atoms with Crippen LogP contribution in [0.15, 0.2) is 0 Å². The van der Waals surface area contributed by atoms with Crippen LogP contribution in [0.5, 0.6) is 0 Å². The van der Waals surface area contributed by atoms with Gasteiger partial charge in [-0.05, 0) is 25.9 Å². The predicted octanol–water partition coefficient (Wildman–Crippen LogP) is 1.14. The Morgan fingerprint density at radius 2 is 2.05 bits per heavy atom. The molecule has 1 aliphatic rings. The lowest BCUT2D eigenvalue weighted by Gasteiger charge is -2.21. The molecular weight excluding hydrogens is 264 g/mol. The summed E-state index contributed by atoms with van der Waals surface area (Å²) in [5.74, 6) is 0.401. The molecule has 0 spiro atoms. The molecule has 5 nitrogen and oxygen atoms in total. The summed E-state index contributed by atoms with van der Waals surface area (Å²) < 4.78 is 0. The first-order valence-corrected chi connectivity index (χ1v) is 8.08. The average Bonchev–Trinajstić information content (AvgIpc) is 2.88. The summed E-state index contributed by atoms with van der Waals surface area (Å²) in [4.78, 5) is 26.8. The van der Waals surface area contributed by atoms with Gasteiger partial charge in [0.05, 0.1) is 5.75 Å². The molecule has 1 atom stereocenters. The minimum atomic E-state index is -0.876. The van der Waals surface area contributed by atoms with Gasteiger partial charge in [0.1, 0.15) is 6.04 Å². The molecule has 0 bridgehead atoms. The zero-order valence-electron chi connectivity index (χ0n) is 11.8. The van der Waals surface area contributed by atoms with Crippen molar-refractivity contribution in [3.63, 3.8) is 0 Å². The van der Waals surface area contributed by atoms with Gasteiger partial charge >= 0.3 is 5.97 Å². The summed E-state index contributed by atoms with van der Waals surface area (Å²) in [5.41, 5.74) is 0. The van der Waals surface area contributed by atoms with E-state index < -0.39 is 12.0 Å². The molecule has 6 heteroatoms. The second kappa shape index (κ2) is 8.43. The molecule has 110 valence electrons. The standard InChI is InChI=1S/C13H24N2O3S/c1-3-14(4-2)8-9-19-10-12(16)15-7-5-6-11(15)13(17)18/h11H,3-10H2,1-2H3,(H,17,18)/t11-/m0/s1. The fourth-order valence-corrected chi connectivity index (χ4v) is 3.17. The number of carboxylic acids is 1. The highest BCUT2D eigenvalue weighted by molar-refractivity contribution is 7.99. The van der Waals surface area contributed by atoms with Gasteiger partial charge < -0.3 is 14.9 Å². The molecule has 0 saturated carbocycles. The lowest BCUT2D eigenvalue weighted by Crippen LogP contribution is -2.41. The van der Waals surface area contributed by atoms with Crippen LogP contribution in [-0.2, 0) is 9.59 Å². The van der Waals surface area contributed by atoms with Gasteiger partial charge in [0, 0.05) is 18.8 Å². The number of carboxylic acid groups (broad SMARTS) is 1. The molecule has 1 fully saturated rings. The first-order chi connectivity index (χ1) is 9.10. The normalized spacial score (nSPS) is 19.1. The van der Waals surface area contributed by atoms with Gasteiger partial charge in [-0.2, -0.15) is 11.8 Å². The van der Waals surface area contributed by atoms with E-state index in [0.29, 0.717) is 18.7 Å². The molecule has 1 aliphatic heterocycles. The second-order valence-corrected chi connectivity index (χ2v) is 5.77. The molecule has 1 amide bonds. The molecule has 0 aromatic carbocycles. The van der Waals surface area contributed by atoms with E-state index in [2.05, 4.69) is 18.7 Å². The summed E-state index contributed by atoms with van der Waals surface area (Å²) in [6.07, 6.45) is 1.39. The zero-order chi connectivity index (χ0) is 14.3. The third-order valence-corrected chi connectivity index (χ3v) is 4.45. The van der Waals surface area contributed by atoms with Crippen molar-refractivity contribution in [2.45, 2.75) is 32.7 Å². The molecule has 1 heterocycles. The molecule has 1 saturated heterocycles. The summed E-state index contributed by atoms with van der Waals surface area (Å²) >= 11 is 1.60. The fraction of sp³-hybridized carbons (Fsp3) is 0.846. The van der Waals surface area contributed by atoms with E-state index in [1.807, 2.05) is 0 Å². The average molecular weight is 288 g/mol. The Bertz CT molecular complexity index is 308. The maximum absolute atomic E-state index is 12.0. The summed E-state index contributed by atoms with van der Waals surface area (Å²) in [6.45, 7) is 7.87. The van der Waals surface area contributed by atoms with Crippen molar-refractivity contribution in [2.24, 2.45) is 0 Å². The van der Waals surface area contributed by atoms with Gasteiger partial charge in [-0.3, -0.25) is 4.79 Å². The Morgan fingerprint density at radius 1 is 1.37 bits per heavy atom. The molecule has 0 radical (unpaired) electrons. The number of hydrogen-bond acceptors (Lipinski definition) is 4. The Hall–Kier alpha value is -0.750. The van der Waals surface area contributed by atoms with Crippen LogP contribution in [-0.4, -0.2) is 70.5 Å². The van der Waals surface area contributed by atoms with Crippen LogP contribution in [0.1, 0.15) is 26.7 Å². The van der Waals surface area contributed by atoms with Crippen molar-refractivity contribution in [3.8, 4) is 0 Å². The van der Waals surface area contributed by atoms with Crippen LogP contribution in [0.3, 0.4) is 0 Å². The van der Waals surface area contributed by atoms with Gasteiger partial charge in [0.25, 0.3) is 0 Å². The number of aliphatic carboxylic acids is 1. The van der Waals surface area contributed by atoms with Crippen molar-refractivity contribution in [2.75, 3.05) is 37.7 Å². The first-order valence-electron chi connectivity index (χ1n) is 6.92. The van der Waals surface area contributed by atoms with Crippen molar-refractivity contribution in [1.82, 2.24) is 9.80 Å². The number of carbonyl (C=O) groups is 2. The van der Waals surface area contributed by atoms with Crippen molar-refractivity contribution in [3.05, 3.63) is 0 Å². The van der Waals surface area contributed by atoms with Crippen molar-refractivity contribution >= 4 is 23.6 Å². The van der Waals surface area contributed by atoms with Crippen LogP contribution in [0.4, 0.5) is 0 Å². The molecule has 1 rings (SSSR count). The molecule has 0 aromatic heterocycles. The molecule has 19 heavy (non-hydrogen) atoms. The minimum Gasteiger partial charge on any atom is -0.480 e. The highest BCUT2D eigenvalue weighted by atomic mass is 32.2. The van der Waals surface area contributed by atoms with E-state index >= 15 is 0 Å². The summed E-state index contributed by atoms with van der Waals surface area (Å²) in [5, 5.41) is 9.03. The number of nitrogens with zero attached hydrogens (tertiary/aromatic N) is 2. The van der Waals surface area contributed by atoms with Crippen LogP contribution in [0.2, 0.25) is 0 Å². The summed E-state index contributed by atoms with van der Waals surface area (Å²) in [6, 6.07) is -0.601. The van der Waals surface area contributed by atoms with E-state index in [9.17, 15) is 9.59 Å². The minimum absolute atomic E-state index is 0.0329. The molecule has 0 unspecified atom stereocenters. The molecule has 1 N–H and O–H groups in total. The van der Waals surface area contributed by atoms with Crippen molar-refractivity contribution in [1.29, 1.82) is 0 Å². The number of likely N-dealkylation sites (tertiary alicyclic amines) is 1. The Balaban J connectivity index is 2.26. The second-order valence-electron chi connectivity index (χ2n) is 4.66. The zero-order valence-corrected chi connectivity index (χ0v) is 12.6. The number of rotatable bonds is 8. The topological polar surface area (TPSA) is 60.9 Å². The third-order valence-electron chi connectivity index (χ3n) is 3.53. The first kappa shape index (κ1) is 16.3. The highest BCUT2D eigenvalue weighted by Crippen LogP contribution is 2.18. The van der Waals surface area contributed by atoms with Gasteiger partial charge in [-0.25, -0.2) is 4.79 Å². The molecular formula is C13H24N2O3S. The Morgan fingerprint density at radius 3 is 2.63 bits per heavy atom. The number of carbonyl (C=O) groups excluding carboxylic acids is 1. The predicted molar refractivity (Wildman–Crippen MR) is 77.5 cm³/mol. The van der Waals surface area contributed by atoms with Crippen LogP contribution >= 0.6 is 11.8 Å². The number of thioether (sulfide) groups is 1. The van der Waals surface area contributed by atoms with E-state index in [-0.39, 0.29) is 5.91 Å². The van der Waals surface area contributed by atoms with E-state index in [4.69, 9.17) is 5.11 Å². The maximum atomic E-state index is 12.0. The maximum Gasteiger partial charge on any atom is 0.326 e. The van der Waals surface area contributed by atoms with E-state index in [0.717, 1.165) is 31.8 Å². The van der Waals surface area contributed by atoms with Crippen molar-refractivity contribution < 1.29 is 14.7 Å². The molecule has 0 aromatic rings. The number of amides is 1. The Labute approximate surface area is 119 Å². The third kappa shape index (κ3) is 5.03. The van der Waals surface area contributed by atoms with Gasteiger partial charge in [-0.15, -0.1) is 0 Å². The number of hydrogen-bond donors (Lipinski definition) is 1. The monoisotopic (exact) mass is 288 g/mol. The quantitative estimate of drug-likeness (QED) is 0.679. The smallest absolute Gasteiger partial charge is 0.326 e. The largest absolute Gasteiger partial charge is 0.480 e. The molecule has 0 aliphatic carbocycles. The van der Waals surface area contributed by atoms with Crippen LogP contribution in [0.25, 0.3) is 0 Å². The van der Waals surface area contributed by atoms with Gasteiger partial charge in [-0.1, -0.05) is 13.8 Å². The van der Waals surface area contributed by atoms with Gasteiger partial charge in [0.2, 0.25) is 5.91 Å². The summed E-state index contributed by atoms with van der Waals surface area (Å²) in [7, 11) is 0. The van der Waals surface area contributed by atoms with E-state index in [1.165, 1.54) is 4.90 Å². The highest BCUT2D eigenvalue weighted by Gasteiger charge is 2.33. The lowest BCUT2D eigenvalue weighted by molar-refractivity contribution is -0.147. The van der Waals surface area contributed by atoms with E-state index in [1.54, 1.807) is 11.8 Å². The van der Waals surface area contributed by atoms with Crippen LogP contribution in [0, 0.1) is 0 Å². The van der Waals surface area contributed by atoms with Gasteiger partial charge in [0.15, 0.2) is 0 Å². The Kier molecular flexibility index (Phi) is 7.23. The van der Waals surface area contributed by atoms with Crippen LogP contribution < -0.4 is 0 Å². The fourth-order valence-electron chi connectivity index (χ4n) is 2.30. The SMILES string of the molecule is CCN(CC)CCSCC(=O)N1CCC[C@H]1C(=O)O. The lowest BCUT2D eigenvalue weighted by atomic mass is 10.2.